The number of fused-ring (bicyclic) bond motifs is 6. The Labute approximate surface area is 174 Å². The quantitative estimate of drug-likeness (QED) is 0.780. The summed E-state index contributed by atoms with van der Waals surface area (Å²) in [5.74, 6) is 1.93. The summed E-state index contributed by atoms with van der Waals surface area (Å²) in [6.07, 6.45) is 8.72. The van der Waals surface area contributed by atoms with Crippen LogP contribution in [0.15, 0.2) is 18.2 Å². The summed E-state index contributed by atoms with van der Waals surface area (Å²) in [5, 5.41) is 19.0. The second-order valence-corrected chi connectivity index (χ2v) is 10.1. The summed E-state index contributed by atoms with van der Waals surface area (Å²) in [6.45, 7) is 4.31. The number of rotatable bonds is 5. The second-order valence-electron chi connectivity index (χ2n) is 10.1. The third-order valence-electron chi connectivity index (χ3n) is 8.95. The minimum absolute atomic E-state index is 0.145. The van der Waals surface area contributed by atoms with Crippen molar-refractivity contribution in [1.29, 1.82) is 0 Å². The van der Waals surface area contributed by atoms with Gasteiger partial charge in [-0.3, -0.25) is 0 Å². The van der Waals surface area contributed by atoms with Crippen molar-refractivity contribution in [1.82, 2.24) is 0 Å². The molecule has 160 valence electrons. The molecule has 1 saturated heterocycles. The molecular formula is C25H36O4. The van der Waals surface area contributed by atoms with Gasteiger partial charge in [0.1, 0.15) is 0 Å². The topological polar surface area (TPSA) is 58.9 Å². The van der Waals surface area contributed by atoms with Crippen molar-refractivity contribution in [3.05, 3.63) is 34.9 Å². The van der Waals surface area contributed by atoms with Crippen LogP contribution in [0.25, 0.3) is 0 Å². The van der Waals surface area contributed by atoms with Crippen molar-refractivity contribution in [2.24, 2.45) is 17.3 Å². The lowest BCUT2D eigenvalue weighted by Crippen LogP contribution is -2.51. The minimum Gasteiger partial charge on any atom is -0.396 e. The standard InChI is InChI=1S/C25H36O4/c1-24-10-8-21-20-6-4-17(19(16-27)3-2-12-26)15-18(20)5-7-22(21)23(24)9-11-25(24)28-13-14-29-25/h4,6,15,19,21-23,26-27H,2-3,5,7-14,16H2,1H3/t19?,21-,22-,23+,24+/m1/s1. The fourth-order valence-corrected chi connectivity index (χ4v) is 7.44. The van der Waals surface area contributed by atoms with Crippen LogP contribution in [0, 0.1) is 17.3 Å². The smallest absolute Gasteiger partial charge is 0.174 e. The van der Waals surface area contributed by atoms with Crippen molar-refractivity contribution in [3.63, 3.8) is 0 Å². The van der Waals surface area contributed by atoms with Gasteiger partial charge in [0.15, 0.2) is 5.79 Å². The van der Waals surface area contributed by atoms with Gasteiger partial charge in [-0.25, -0.2) is 0 Å². The Kier molecular flexibility index (Phi) is 5.26. The number of aryl methyl sites for hydroxylation is 1. The summed E-state index contributed by atoms with van der Waals surface area (Å²) >= 11 is 0. The summed E-state index contributed by atoms with van der Waals surface area (Å²) in [7, 11) is 0. The van der Waals surface area contributed by atoms with Crippen LogP contribution in [0.2, 0.25) is 0 Å². The molecule has 5 rings (SSSR count). The van der Waals surface area contributed by atoms with Gasteiger partial charge in [0.2, 0.25) is 0 Å². The van der Waals surface area contributed by atoms with Crippen LogP contribution in [0.3, 0.4) is 0 Å². The molecule has 3 fully saturated rings. The average Bonchev–Trinajstić information content (AvgIpc) is 3.34. The van der Waals surface area contributed by atoms with E-state index in [9.17, 15) is 5.11 Å². The number of aliphatic hydroxyl groups is 2. The zero-order chi connectivity index (χ0) is 20.1. The van der Waals surface area contributed by atoms with Crippen molar-refractivity contribution < 1.29 is 19.7 Å². The maximum atomic E-state index is 9.82. The van der Waals surface area contributed by atoms with E-state index in [-0.39, 0.29) is 30.3 Å². The van der Waals surface area contributed by atoms with Crippen molar-refractivity contribution in [2.75, 3.05) is 26.4 Å². The van der Waals surface area contributed by atoms with Gasteiger partial charge >= 0.3 is 0 Å². The fourth-order valence-electron chi connectivity index (χ4n) is 7.44. The van der Waals surface area contributed by atoms with Crippen LogP contribution in [0.1, 0.15) is 80.4 Å². The molecule has 1 unspecified atom stereocenters. The molecule has 5 atom stereocenters. The van der Waals surface area contributed by atoms with Crippen LogP contribution >= 0.6 is 0 Å². The Morgan fingerprint density at radius 1 is 1.10 bits per heavy atom. The highest BCUT2D eigenvalue weighted by Crippen LogP contribution is 2.66. The molecule has 1 spiro atoms. The van der Waals surface area contributed by atoms with E-state index < -0.39 is 0 Å². The normalized spacial score (nSPS) is 35.9. The highest BCUT2D eigenvalue weighted by Gasteiger charge is 2.64. The molecule has 2 N–H and O–H groups in total. The summed E-state index contributed by atoms with van der Waals surface area (Å²) in [5.41, 5.74) is 4.45. The van der Waals surface area contributed by atoms with Gasteiger partial charge in [0, 0.05) is 31.0 Å². The first-order valence-electron chi connectivity index (χ1n) is 11.7. The summed E-state index contributed by atoms with van der Waals surface area (Å²) in [4.78, 5) is 0. The van der Waals surface area contributed by atoms with E-state index in [4.69, 9.17) is 14.6 Å². The Bertz CT molecular complexity index is 740. The lowest BCUT2D eigenvalue weighted by atomic mass is 9.54. The largest absolute Gasteiger partial charge is 0.396 e. The summed E-state index contributed by atoms with van der Waals surface area (Å²) in [6, 6.07) is 6.96. The first-order chi connectivity index (χ1) is 14.1. The first kappa shape index (κ1) is 20.0. The molecule has 0 amide bonds. The Hall–Kier alpha value is -0.940. The third kappa shape index (κ3) is 3.02. The highest BCUT2D eigenvalue weighted by atomic mass is 16.7. The molecule has 1 aliphatic heterocycles. The maximum absolute atomic E-state index is 9.82. The van der Waals surface area contributed by atoms with Crippen LogP contribution in [-0.2, 0) is 15.9 Å². The SMILES string of the molecule is C[C@]12CC[C@@H]3c4ccc(C(CO)CCCO)cc4CC[C@H]3[C@@H]1CCC21OCCO1. The van der Waals surface area contributed by atoms with Crippen LogP contribution in [0.5, 0.6) is 0 Å². The van der Waals surface area contributed by atoms with Gasteiger partial charge in [0.25, 0.3) is 0 Å². The average molecular weight is 401 g/mol. The molecule has 4 aliphatic rings. The lowest BCUT2D eigenvalue weighted by Gasteiger charge is -2.52. The lowest BCUT2D eigenvalue weighted by molar-refractivity contribution is -0.237. The van der Waals surface area contributed by atoms with E-state index in [1.165, 1.54) is 36.8 Å². The molecule has 4 nitrogen and oxygen atoms in total. The molecule has 0 bridgehead atoms. The van der Waals surface area contributed by atoms with Gasteiger partial charge < -0.3 is 19.7 Å². The number of benzene rings is 1. The van der Waals surface area contributed by atoms with E-state index in [0.29, 0.717) is 11.8 Å². The molecule has 1 heterocycles. The van der Waals surface area contributed by atoms with Gasteiger partial charge in [-0.05, 0) is 79.4 Å². The molecule has 1 aromatic carbocycles. The predicted molar refractivity (Wildman–Crippen MR) is 112 cm³/mol. The molecule has 0 aromatic heterocycles. The zero-order valence-corrected chi connectivity index (χ0v) is 17.7. The first-order valence-corrected chi connectivity index (χ1v) is 11.7. The van der Waals surface area contributed by atoms with E-state index in [1.807, 2.05) is 0 Å². The van der Waals surface area contributed by atoms with Crippen LogP contribution in [0.4, 0.5) is 0 Å². The number of aliphatic hydroxyl groups excluding tert-OH is 2. The van der Waals surface area contributed by atoms with Gasteiger partial charge in [-0.2, -0.15) is 0 Å². The minimum atomic E-state index is -0.312. The molecule has 4 heteroatoms. The molecule has 1 aromatic rings. The highest BCUT2D eigenvalue weighted by molar-refractivity contribution is 5.39. The van der Waals surface area contributed by atoms with Crippen LogP contribution in [-0.4, -0.2) is 42.4 Å². The van der Waals surface area contributed by atoms with Gasteiger partial charge in [-0.1, -0.05) is 25.1 Å². The van der Waals surface area contributed by atoms with Gasteiger partial charge in [-0.15, -0.1) is 0 Å². The third-order valence-corrected chi connectivity index (χ3v) is 8.95. The summed E-state index contributed by atoms with van der Waals surface area (Å²) < 4.78 is 12.5. The van der Waals surface area contributed by atoms with Gasteiger partial charge in [0.05, 0.1) is 13.2 Å². The van der Waals surface area contributed by atoms with Crippen molar-refractivity contribution in [2.45, 2.75) is 75.9 Å². The van der Waals surface area contributed by atoms with E-state index in [2.05, 4.69) is 25.1 Å². The Balaban J connectivity index is 1.39. The Morgan fingerprint density at radius 3 is 2.69 bits per heavy atom. The van der Waals surface area contributed by atoms with E-state index in [0.717, 1.165) is 44.8 Å². The second kappa shape index (κ2) is 7.64. The zero-order valence-electron chi connectivity index (χ0n) is 17.7. The van der Waals surface area contributed by atoms with Crippen LogP contribution < -0.4 is 0 Å². The molecule has 2 saturated carbocycles. The molecule has 3 aliphatic carbocycles. The maximum Gasteiger partial charge on any atom is 0.174 e. The molecule has 0 radical (unpaired) electrons. The number of hydrogen-bond acceptors (Lipinski definition) is 4. The van der Waals surface area contributed by atoms with E-state index in [1.54, 1.807) is 5.56 Å². The van der Waals surface area contributed by atoms with Crippen molar-refractivity contribution in [3.8, 4) is 0 Å². The molecule has 29 heavy (non-hydrogen) atoms. The fraction of sp³-hybridized carbons (Fsp3) is 0.760. The molecular weight excluding hydrogens is 364 g/mol. The van der Waals surface area contributed by atoms with Crippen molar-refractivity contribution >= 4 is 0 Å². The number of ether oxygens (including phenoxy) is 2. The predicted octanol–water partition coefficient (Wildman–Crippen LogP) is 4.13. The Morgan fingerprint density at radius 2 is 1.93 bits per heavy atom. The van der Waals surface area contributed by atoms with E-state index >= 15 is 0 Å². The number of hydrogen-bond donors (Lipinski definition) is 2. The monoisotopic (exact) mass is 400 g/mol.